The first kappa shape index (κ1) is 20.6. The Kier molecular flexibility index (Phi) is 5.48. The minimum absolute atomic E-state index is 0.271. The summed E-state index contributed by atoms with van der Waals surface area (Å²) in [5.74, 6) is 0.330. The molecule has 0 saturated heterocycles. The predicted octanol–water partition coefficient (Wildman–Crippen LogP) is 2.89. The minimum Gasteiger partial charge on any atom is -0.298 e. The van der Waals surface area contributed by atoms with Crippen LogP contribution in [-0.2, 0) is 20.6 Å². The Hall–Kier alpha value is -3.65. The van der Waals surface area contributed by atoms with E-state index in [1.165, 1.54) is 11.6 Å². The van der Waals surface area contributed by atoms with Gasteiger partial charge in [0.05, 0.1) is 12.8 Å². The summed E-state index contributed by atoms with van der Waals surface area (Å²) in [4.78, 5) is 29.8. The SMILES string of the molecule is Cc1ccc(/C=N/Nc2nc3c(c(=O)n(C)c(=O)n3C)n2Cc2ccccc2Cl)cc1. The lowest BCUT2D eigenvalue weighted by Crippen LogP contribution is -2.37. The van der Waals surface area contributed by atoms with E-state index >= 15 is 0 Å². The fourth-order valence-corrected chi connectivity index (χ4v) is 3.50. The lowest BCUT2D eigenvalue weighted by atomic mass is 10.2. The molecule has 0 aliphatic heterocycles. The normalized spacial score (nSPS) is 11.5. The van der Waals surface area contributed by atoms with Crippen LogP contribution in [0.15, 0.2) is 63.2 Å². The first-order chi connectivity index (χ1) is 14.9. The van der Waals surface area contributed by atoms with Gasteiger partial charge in [-0.15, -0.1) is 0 Å². The number of benzene rings is 2. The molecule has 8 nitrogen and oxygen atoms in total. The third-order valence-corrected chi connectivity index (χ3v) is 5.46. The van der Waals surface area contributed by atoms with Gasteiger partial charge in [0.25, 0.3) is 5.56 Å². The Balaban J connectivity index is 1.83. The third kappa shape index (κ3) is 3.89. The molecule has 0 radical (unpaired) electrons. The maximum Gasteiger partial charge on any atom is 0.332 e. The van der Waals surface area contributed by atoms with Crippen LogP contribution in [0.2, 0.25) is 5.02 Å². The molecule has 4 aromatic rings. The highest BCUT2D eigenvalue weighted by Gasteiger charge is 2.19. The molecule has 0 fully saturated rings. The number of rotatable bonds is 5. The fraction of sp³-hybridized carbons (Fsp3) is 0.182. The summed E-state index contributed by atoms with van der Waals surface area (Å²) in [7, 11) is 3.02. The van der Waals surface area contributed by atoms with E-state index in [0.29, 0.717) is 11.0 Å². The van der Waals surface area contributed by atoms with Crippen molar-refractivity contribution in [2.24, 2.45) is 19.2 Å². The van der Waals surface area contributed by atoms with Gasteiger partial charge in [-0.2, -0.15) is 10.1 Å². The van der Waals surface area contributed by atoms with Gasteiger partial charge in [-0.05, 0) is 24.1 Å². The van der Waals surface area contributed by atoms with Crippen LogP contribution in [0.25, 0.3) is 11.2 Å². The van der Waals surface area contributed by atoms with Crippen molar-refractivity contribution in [3.05, 3.63) is 91.1 Å². The van der Waals surface area contributed by atoms with Crippen molar-refractivity contribution in [3.8, 4) is 0 Å². The van der Waals surface area contributed by atoms with E-state index in [0.717, 1.165) is 21.3 Å². The molecule has 9 heteroatoms. The second kappa shape index (κ2) is 8.23. The largest absolute Gasteiger partial charge is 0.332 e. The molecular formula is C22H21ClN6O2. The first-order valence-corrected chi connectivity index (χ1v) is 10.00. The predicted molar refractivity (Wildman–Crippen MR) is 123 cm³/mol. The highest BCUT2D eigenvalue weighted by Crippen LogP contribution is 2.22. The number of imidazole rings is 1. The summed E-state index contributed by atoms with van der Waals surface area (Å²) in [6.45, 7) is 2.30. The molecule has 0 bridgehead atoms. The van der Waals surface area contributed by atoms with Gasteiger partial charge in [0.2, 0.25) is 5.95 Å². The highest BCUT2D eigenvalue weighted by molar-refractivity contribution is 6.31. The number of hydrazone groups is 1. The highest BCUT2D eigenvalue weighted by atomic mass is 35.5. The monoisotopic (exact) mass is 436 g/mol. The Labute approximate surface area is 183 Å². The van der Waals surface area contributed by atoms with Crippen LogP contribution in [0.3, 0.4) is 0 Å². The average Bonchev–Trinajstić information content (AvgIpc) is 3.12. The summed E-state index contributed by atoms with van der Waals surface area (Å²) in [5, 5.41) is 4.85. The van der Waals surface area contributed by atoms with Gasteiger partial charge in [0, 0.05) is 19.1 Å². The number of hydrogen-bond acceptors (Lipinski definition) is 5. The summed E-state index contributed by atoms with van der Waals surface area (Å²) >= 11 is 6.35. The molecule has 0 unspecified atom stereocenters. The molecule has 0 aliphatic rings. The second-order valence-electron chi connectivity index (χ2n) is 7.27. The number of nitrogens with zero attached hydrogens (tertiary/aromatic N) is 5. The van der Waals surface area contributed by atoms with Crippen LogP contribution < -0.4 is 16.7 Å². The number of aryl methyl sites for hydroxylation is 2. The standard InChI is InChI=1S/C22H21ClN6O2/c1-14-8-10-15(11-9-14)12-24-26-21-25-19-18(20(30)28(3)22(31)27(19)2)29(21)13-16-6-4-5-7-17(16)23/h4-12H,13H2,1-3H3,(H,25,26)/b24-12+. The van der Waals surface area contributed by atoms with Gasteiger partial charge in [-0.25, -0.2) is 10.2 Å². The van der Waals surface area contributed by atoms with Crippen molar-refractivity contribution in [1.82, 2.24) is 18.7 Å². The number of fused-ring (bicyclic) bond motifs is 1. The van der Waals surface area contributed by atoms with Gasteiger partial charge < -0.3 is 0 Å². The Morgan fingerprint density at radius 1 is 1.06 bits per heavy atom. The summed E-state index contributed by atoms with van der Waals surface area (Å²) < 4.78 is 4.09. The van der Waals surface area contributed by atoms with Crippen molar-refractivity contribution >= 4 is 34.9 Å². The molecule has 158 valence electrons. The van der Waals surface area contributed by atoms with Crippen LogP contribution in [0.4, 0.5) is 5.95 Å². The molecule has 4 rings (SSSR count). The van der Waals surface area contributed by atoms with Crippen LogP contribution in [0.5, 0.6) is 0 Å². The van der Waals surface area contributed by atoms with Crippen molar-refractivity contribution < 1.29 is 0 Å². The summed E-state index contributed by atoms with van der Waals surface area (Å²) in [5.41, 5.74) is 5.47. The second-order valence-corrected chi connectivity index (χ2v) is 7.68. The van der Waals surface area contributed by atoms with Crippen molar-refractivity contribution in [1.29, 1.82) is 0 Å². The maximum absolute atomic E-state index is 12.9. The molecule has 0 amide bonds. The van der Waals surface area contributed by atoms with E-state index < -0.39 is 11.2 Å². The molecule has 2 heterocycles. The van der Waals surface area contributed by atoms with Crippen molar-refractivity contribution in [2.45, 2.75) is 13.5 Å². The van der Waals surface area contributed by atoms with Crippen molar-refractivity contribution in [3.63, 3.8) is 0 Å². The van der Waals surface area contributed by atoms with Crippen LogP contribution in [0, 0.1) is 6.92 Å². The molecule has 0 atom stereocenters. The first-order valence-electron chi connectivity index (χ1n) is 9.62. The quantitative estimate of drug-likeness (QED) is 0.385. The lowest BCUT2D eigenvalue weighted by Gasteiger charge is -2.10. The summed E-state index contributed by atoms with van der Waals surface area (Å²) in [6, 6.07) is 15.3. The molecule has 31 heavy (non-hydrogen) atoms. The number of nitrogens with one attached hydrogen (secondary N) is 1. The number of halogens is 1. The van der Waals surface area contributed by atoms with E-state index in [1.54, 1.807) is 23.9 Å². The molecule has 2 aromatic heterocycles. The third-order valence-electron chi connectivity index (χ3n) is 5.09. The number of anilines is 1. The topological polar surface area (TPSA) is 86.2 Å². The molecule has 0 aliphatic carbocycles. The average molecular weight is 437 g/mol. The van der Waals surface area contributed by atoms with Crippen LogP contribution in [-0.4, -0.2) is 24.9 Å². The van der Waals surface area contributed by atoms with Crippen LogP contribution in [0.1, 0.15) is 16.7 Å². The molecule has 1 N–H and O–H groups in total. The number of hydrogen-bond donors (Lipinski definition) is 1. The Morgan fingerprint density at radius 3 is 2.48 bits per heavy atom. The lowest BCUT2D eigenvalue weighted by molar-refractivity contribution is 0.702. The molecule has 0 spiro atoms. The van der Waals surface area contributed by atoms with E-state index in [4.69, 9.17) is 11.6 Å². The fourth-order valence-electron chi connectivity index (χ4n) is 3.30. The number of aromatic nitrogens is 4. The Morgan fingerprint density at radius 2 is 1.77 bits per heavy atom. The van der Waals surface area contributed by atoms with Crippen molar-refractivity contribution in [2.75, 3.05) is 5.43 Å². The van der Waals surface area contributed by atoms with Gasteiger partial charge in [-0.3, -0.25) is 18.5 Å². The van der Waals surface area contributed by atoms with E-state index in [2.05, 4.69) is 15.5 Å². The minimum atomic E-state index is -0.449. The Bertz CT molecular complexity index is 1410. The van der Waals surface area contributed by atoms with Gasteiger partial charge in [0.1, 0.15) is 0 Å². The zero-order valence-electron chi connectivity index (χ0n) is 17.3. The molecule has 2 aromatic carbocycles. The summed E-state index contributed by atoms with van der Waals surface area (Å²) in [6.07, 6.45) is 1.66. The zero-order valence-corrected chi connectivity index (χ0v) is 18.1. The zero-order chi connectivity index (χ0) is 22.1. The molecule has 0 saturated carbocycles. The van der Waals surface area contributed by atoms with Gasteiger partial charge in [-0.1, -0.05) is 59.6 Å². The van der Waals surface area contributed by atoms with E-state index in [-0.39, 0.29) is 17.7 Å². The van der Waals surface area contributed by atoms with Gasteiger partial charge >= 0.3 is 5.69 Å². The smallest absolute Gasteiger partial charge is 0.298 e. The van der Waals surface area contributed by atoms with E-state index in [1.807, 2.05) is 49.4 Å². The van der Waals surface area contributed by atoms with Gasteiger partial charge in [0.15, 0.2) is 11.2 Å². The maximum atomic E-state index is 12.9. The molecular weight excluding hydrogens is 416 g/mol. The van der Waals surface area contributed by atoms with Crippen LogP contribution >= 0.6 is 11.6 Å². The van der Waals surface area contributed by atoms with E-state index in [9.17, 15) is 9.59 Å².